The number of hydrogen-bond acceptors (Lipinski definition) is 4. The number of carbonyl (C=O) groups excluding carboxylic acids is 1. The Morgan fingerprint density at radius 3 is 2.64 bits per heavy atom. The molecular weight excluding hydrogens is 280 g/mol. The van der Waals surface area contributed by atoms with Gasteiger partial charge in [0, 0.05) is 0 Å². The molecule has 22 heavy (non-hydrogen) atoms. The Hall–Kier alpha value is -2.07. The lowest BCUT2D eigenvalue weighted by molar-refractivity contribution is -0.150. The Morgan fingerprint density at radius 2 is 1.86 bits per heavy atom. The molecule has 0 heterocycles. The van der Waals surface area contributed by atoms with Gasteiger partial charge >= 0.3 is 5.97 Å². The van der Waals surface area contributed by atoms with Crippen LogP contribution in [0.2, 0.25) is 0 Å². The molecule has 0 spiro atoms. The molecule has 1 unspecified atom stereocenters. The fourth-order valence-corrected chi connectivity index (χ4v) is 1.94. The number of fused-ring (bicyclic) bond motifs is 1. The average Bonchev–Trinajstić information content (AvgIpc) is 2.56. The number of rotatable bonds is 8. The smallest absolute Gasteiger partial charge is 0.308 e. The predicted molar refractivity (Wildman–Crippen MR) is 85.8 cm³/mol. The fourth-order valence-electron chi connectivity index (χ4n) is 1.94. The van der Waals surface area contributed by atoms with Gasteiger partial charge < -0.3 is 14.2 Å². The van der Waals surface area contributed by atoms with E-state index in [2.05, 4.69) is 6.07 Å². The van der Waals surface area contributed by atoms with Gasteiger partial charge in [-0.3, -0.25) is 4.79 Å². The molecule has 2 aromatic carbocycles. The topological polar surface area (TPSA) is 44.8 Å². The van der Waals surface area contributed by atoms with Crippen molar-refractivity contribution in [2.45, 2.75) is 20.3 Å². The molecule has 0 saturated carbocycles. The molecule has 0 aromatic heterocycles. The third-order valence-corrected chi connectivity index (χ3v) is 3.52. The van der Waals surface area contributed by atoms with E-state index in [1.807, 2.05) is 50.2 Å². The molecule has 1 atom stereocenters. The fraction of sp³-hybridized carbons (Fsp3) is 0.389. The van der Waals surface area contributed by atoms with Crippen LogP contribution >= 0.6 is 0 Å². The zero-order chi connectivity index (χ0) is 15.8. The lowest BCUT2D eigenvalue weighted by Gasteiger charge is -2.10. The zero-order valence-corrected chi connectivity index (χ0v) is 13.1. The van der Waals surface area contributed by atoms with Crippen LogP contribution < -0.4 is 4.74 Å². The Morgan fingerprint density at radius 1 is 1.09 bits per heavy atom. The summed E-state index contributed by atoms with van der Waals surface area (Å²) in [6.07, 6.45) is 0.783. The van der Waals surface area contributed by atoms with Crippen molar-refractivity contribution < 1.29 is 19.0 Å². The molecule has 0 fully saturated rings. The summed E-state index contributed by atoms with van der Waals surface area (Å²) < 4.78 is 15.9. The summed E-state index contributed by atoms with van der Waals surface area (Å²) in [5, 5.41) is 2.30. The van der Waals surface area contributed by atoms with Crippen LogP contribution in [0.25, 0.3) is 10.8 Å². The van der Waals surface area contributed by atoms with Gasteiger partial charge in [-0.05, 0) is 29.3 Å². The van der Waals surface area contributed by atoms with Crippen LogP contribution in [0.1, 0.15) is 20.3 Å². The van der Waals surface area contributed by atoms with Gasteiger partial charge in [-0.1, -0.05) is 44.2 Å². The second-order valence-electron chi connectivity index (χ2n) is 5.16. The van der Waals surface area contributed by atoms with Gasteiger partial charge in [-0.2, -0.15) is 0 Å². The van der Waals surface area contributed by atoms with Gasteiger partial charge in [0.2, 0.25) is 0 Å². The highest BCUT2D eigenvalue weighted by atomic mass is 16.7. The molecule has 0 radical (unpaired) electrons. The molecule has 0 N–H and O–H groups in total. The Kier molecular flexibility index (Phi) is 6.22. The number of ether oxygens (including phenoxy) is 3. The molecule has 2 aromatic rings. The first kappa shape index (κ1) is 16.3. The largest absolute Gasteiger partial charge is 0.468 e. The molecule has 2 rings (SSSR count). The lowest BCUT2D eigenvalue weighted by Crippen LogP contribution is -2.17. The van der Waals surface area contributed by atoms with Crippen molar-refractivity contribution in [2.24, 2.45) is 5.92 Å². The van der Waals surface area contributed by atoms with Gasteiger partial charge in [0.25, 0.3) is 0 Å². The standard InChI is InChI=1S/C18H22O4/c1-3-14(2)18(19)21-11-10-20-13-22-17-9-8-15-6-4-5-7-16(15)12-17/h4-9,12,14H,3,10-11,13H2,1-2H3. The number of hydrogen-bond donors (Lipinski definition) is 0. The predicted octanol–water partition coefficient (Wildman–Crippen LogP) is 3.78. The average molecular weight is 302 g/mol. The summed E-state index contributed by atoms with van der Waals surface area (Å²) in [6, 6.07) is 14.0. The summed E-state index contributed by atoms with van der Waals surface area (Å²) in [5.41, 5.74) is 0. The van der Waals surface area contributed by atoms with Gasteiger partial charge in [-0.15, -0.1) is 0 Å². The Labute approximate surface area is 131 Å². The second-order valence-corrected chi connectivity index (χ2v) is 5.16. The van der Waals surface area contributed by atoms with Crippen LogP contribution in [0.5, 0.6) is 5.75 Å². The van der Waals surface area contributed by atoms with Crippen molar-refractivity contribution in [1.82, 2.24) is 0 Å². The first-order valence-electron chi connectivity index (χ1n) is 7.56. The van der Waals surface area contributed by atoms with E-state index < -0.39 is 0 Å². The highest BCUT2D eigenvalue weighted by Crippen LogP contribution is 2.20. The minimum Gasteiger partial charge on any atom is -0.468 e. The van der Waals surface area contributed by atoms with Crippen molar-refractivity contribution in [3.05, 3.63) is 42.5 Å². The van der Waals surface area contributed by atoms with Crippen molar-refractivity contribution >= 4 is 16.7 Å². The van der Waals surface area contributed by atoms with Gasteiger partial charge in [0.05, 0.1) is 12.5 Å². The number of esters is 1. The van der Waals surface area contributed by atoms with Crippen LogP contribution in [0.4, 0.5) is 0 Å². The Balaban J connectivity index is 1.67. The second kappa shape index (κ2) is 8.39. The zero-order valence-electron chi connectivity index (χ0n) is 13.1. The van der Waals surface area contributed by atoms with Crippen molar-refractivity contribution in [1.29, 1.82) is 0 Å². The van der Waals surface area contributed by atoms with Crippen molar-refractivity contribution in [2.75, 3.05) is 20.0 Å². The first-order chi connectivity index (χ1) is 10.7. The van der Waals surface area contributed by atoms with E-state index in [4.69, 9.17) is 14.2 Å². The molecule has 0 bridgehead atoms. The maximum atomic E-state index is 11.4. The Bertz CT molecular complexity index is 609. The highest BCUT2D eigenvalue weighted by Gasteiger charge is 2.11. The summed E-state index contributed by atoms with van der Waals surface area (Å²) in [4.78, 5) is 11.4. The van der Waals surface area contributed by atoms with Crippen molar-refractivity contribution in [3.8, 4) is 5.75 Å². The van der Waals surface area contributed by atoms with E-state index >= 15 is 0 Å². The molecule has 0 amide bonds. The van der Waals surface area contributed by atoms with Gasteiger partial charge in [0.15, 0.2) is 6.79 Å². The van der Waals surface area contributed by atoms with E-state index in [9.17, 15) is 4.79 Å². The maximum Gasteiger partial charge on any atom is 0.308 e. The summed E-state index contributed by atoms with van der Waals surface area (Å²) >= 11 is 0. The third-order valence-electron chi connectivity index (χ3n) is 3.52. The molecule has 4 heteroatoms. The third kappa shape index (κ3) is 4.74. The quantitative estimate of drug-likeness (QED) is 0.423. The van der Waals surface area contributed by atoms with E-state index in [1.165, 1.54) is 5.39 Å². The summed E-state index contributed by atoms with van der Waals surface area (Å²) in [6.45, 7) is 4.53. The van der Waals surface area contributed by atoms with Crippen molar-refractivity contribution in [3.63, 3.8) is 0 Å². The highest BCUT2D eigenvalue weighted by molar-refractivity contribution is 5.83. The van der Waals surface area contributed by atoms with Gasteiger partial charge in [-0.25, -0.2) is 0 Å². The summed E-state index contributed by atoms with van der Waals surface area (Å²) in [7, 11) is 0. The molecular formula is C18H22O4. The minimum atomic E-state index is -0.179. The number of carbonyl (C=O) groups is 1. The van der Waals surface area contributed by atoms with Crippen LogP contribution in [-0.2, 0) is 14.3 Å². The van der Waals surface area contributed by atoms with Crippen LogP contribution in [0, 0.1) is 5.92 Å². The summed E-state index contributed by atoms with van der Waals surface area (Å²) in [5.74, 6) is 0.519. The van der Waals surface area contributed by atoms with Gasteiger partial charge in [0.1, 0.15) is 12.4 Å². The normalized spacial score (nSPS) is 12.1. The SMILES string of the molecule is CCC(C)C(=O)OCCOCOc1ccc2ccccc2c1. The van der Waals surface area contributed by atoms with E-state index in [1.54, 1.807) is 0 Å². The molecule has 0 aliphatic heterocycles. The van der Waals surface area contributed by atoms with E-state index in [0.717, 1.165) is 17.6 Å². The molecule has 118 valence electrons. The minimum absolute atomic E-state index is 0.0613. The molecule has 0 aliphatic carbocycles. The number of benzene rings is 2. The van der Waals surface area contributed by atoms with Crippen LogP contribution in [-0.4, -0.2) is 26.0 Å². The van der Waals surface area contributed by atoms with Crippen LogP contribution in [0.3, 0.4) is 0 Å². The van der Waals surface area contributed by atoms with E-state index in [-0.39, 0.29) is 25.3 Å². The molecule has 0 aliphatic rings. The molecule has 0 saturated heterocycles. The maximum absolute atomic E-state index is 11.4. The van der Waals surface area contributed by atoms with E-state index in [0.29, 0.717) is 6.61 Å². The monoisotopic (exact) mass is 302 g/mol. The molecule has 4 nitrogen and oxygen atoms in total. The lowest BCUT2D eigenvalue weighted by atomic mass is 10.1. The first-order valence-corrected chi connectivity index (χ1v) is 7.56. The van der Waals surface area contributed by atoms with Crippen LogP contribution in [0.15, 0.2) is 42.5 Å².